The Balaban J connectivity index is 1.75. The van der Waals surface area contributed by atoms with E-state index in [1.54, 1.807) is 60.7 Å². The molecule has 0 heterocycles. The lowest BCUT2D eigenvalue weighted by molar-refractivity contribution is -0.115. The third kappa shape index (κ3) is 6.37. The van der Waals surface area contributed by atoms with Gasteiger partial charge in [0.25, 0.3) is 5.91 Å². The number of para-hydroxylation sites is 1. The van der Waals surface area contributed by atoms with E-state index in [4.69, 9.17) is 14.2 Å². The molecule has 2 amide bonds. The van der Waals surface area contributed by atoms with Gasteiger partial charge in [-0.25, -0.2) is 4.79 Å². The van der Waals surface area contributed by atoms with Crippen molar-refractivity contribution in [3.63, 3.8) is 0 Å². The smallest absolute Gasteiger partial charge is 0.339 e. The maximum atomic E-state index is 13.0. The van der Waals surface area contributed by atoms with Crippen molar-refractivity contribution in [1.82, 2.24) is 0 Å². The molecule has 1 unspecified atom stereocenters. The molecule has 0 fully saturated rings. The first-order valence-electron chi connectivity index (χ1n) is 11.2. The molecule has 0 radical (unpaired) electrons. The number of rotatable bonds is 10. The highest BCUT2D eigenvalue weighted by atomic mass is 32.2. The molecule has 0 aromatic heterocycles. The molecule has 1 atom stereocenters. The zero-order valence-electron chi connectivity index (χ0n) is 20.5. The van der Waals surface area contributed by atoms with Gasteiger partial charge in [0.2, 0.25) is 5.91 Å². The largest absolute Gasteiger partial charge is 0.496 e. The second-order valence-electron chi connectivity index (χ2n) is 7.56. The lowest BCUT2D eigenvalue weighted by Gasteiger charge is -2.17. The summed E-state index contributed by atoms with van der Waals surface area (Å²) in [4.78, 5) is 38.8. The molecule has 0 saturated carbocycles. The zero-order valence-corrected chi connectivity index (χ0v) is 21.3. The second-order valence-corrected chi connectivity index (χ2v) is 8.84. The minimum absolute atomic E-state index is 0.243. The van der Waals surface area contributed by atoms with Gasteiger partial charge in [-0.05, 0) is 48.9 Å². The Hall–Kier alpha value is -3.98. The number of benzene rings is 3. The Kier molecular flexibility index (Phi) is 9.35. The van der Waals surface area contributed by atoms with Gasteiger partial charge in [0.05, 0.1) is 37.8 Å². The second kappa shape index (κ2) is 12.6. The summed E-state index contributed by atoms with van der Waals surface area (Å²) >= 11 is 1.36. The summed E-state index contributed by atoms with van der Waals surface area (Å²) in [6.07, 6.45) is 0.548. The van der Waals surface area contributed by atoms with Crippen LogP contribution in [-0.4, -0.2) is 44.4 Å². The van der Waals surface area contributed by atoms with Crippen LogP contribution in [0.1, 0.15) is 34.1 Å². The number of anilines is 2. The van der Waals surface area contributed by atoms with E-state index in [0.29, 0.717) is 29.3 Å². The van der Waals surface area contributed by atoms with Crippen LogP contribution in [0.5, 0.6) is 11.5 Å². The number of hydrogen-bond donors (Lipinski definition) is 2. The predicted octanol–water partition coefficient (Wildman–Crippen LogP) is 5.25. The van der Waals surface area contributed by atoms with Crippen molar-refractivity contribution >= 4 is 40.9 Å². The van der Waals surface area contributed by atoms with Crippen molar-refractivity contribution in [1.29, 1.82) is 0 Å². The molecule has 0 aliphatic carbocycles. The summed E-state index contributed by atoms with van der Waals surface area (Å²) in [5.41, 5.74) is 1.52. The molecule has 9 heteroatoms. The number of carbonyl (C=O) groups excluding carboxylic acids is 3. The number of hydrogen-bond acceptors (Lipinski definition) is 7. The molecule has 36 heavy (non-hydrogen) atoms. The van der Waals surface area contributed by atoms with E-state index in [9.17, 15) is 14.4 Å². The van der Waals surface area contributed by atoms with Crippen LogP contribution in [0.25, 0.3) is 0 Å². The summed E-state index contributed by atoms with van der Waals surface area (Å²) in [5.74, 6) is -0.357. The summed E-state index contributed by atoms with van der Waals surface area (Å²) in [6, 6.07) is 19.0. The highest BCUT2D eigenvalue weighted by Gasteiger charge is 2.22. The van der Waals surface area contributed by atoms with Gasteiger partial charge in [0.15, 0.2) is 0 Å². The molecule has 0 saturated heterocycles. The molecular weight excluding hydrogens is 480 g/mol. The van der Waals surface area contributed by atoms with Crippen molar-refractivity contribution in [3.8, 4) is 11.5 Å². The van der Waals surface area contributed by atoms with Crippen molar-refractivity contribution in [2.75, 3.05) is 32.0 Å². The Labute approximate surface area is 214 Å². The van der Waals surface area contributed by atoms with Gasteiger partial charge in [-0.3, -0.25) is 9.59 Å². The first kappa shape index (κ1) is 26.6. The number of methoxy groups -OCH3 is 3. The third-order valence-corrected chi connectivity index (χ3v) is 6.64. The van der Waals surface area contributed by atoms with Gasteiger partial charge < -0.3 is 24.8 Å². The highest BCUT2D eigenvalue weighted by molar-refractivity contribution is 8.00. The molecule has 3 aromatic carbocycles. The van der Waals surface area contributed by atoms with Gasteiger partial charge >= 0.3 is 5.97 Å². The van der Waals surface area contributed by atoms with E-state index in [1.807, 2.05) is 13.0 Å². The van der Waals surface area contributed by atoms with Gasteiger partial charge in [-0.1, -0.05) is 31.2 Å². The van der Waals surface area contributed by atoms with E-state index >= 15 is 0 Å². The molecule has 188 valence electrons. The Morgan fingerprint density at radius 2 is 1.53 bits per heavy atom. The monoisotopic (exact) mass is 508 g/mol. The maximum absolute atomic E-state index is 13.0. The van der Waals surface area contributed by atoms with Crippen LogP contribution in [0.4, 0.5) is 11.4 Å². The van der Waals surface area contributed by atoms with E-state index in [1.165, 1.54) is 33.1 Å². The SMILES string of the molecule is CCC(Sc1cccc(NC(=O)c2c(OC)cccc2OC)c1)C(=O)Nc1ccccc1C(=O)OC. The van der Waals surface area contributed by atoms with Crippen LogP contribution in [-0.2, 0) is 9.53 Å². The maximum Gasteiger partial charge on any atom is 0.339 e. The van der Waals surface area contributed by atoms with Gasteiger partial charge in [-0.2, -0.15) is 0 Å². The summed E-state index contributed by atoms with van der Waals surface area (Å²) in [7, 11) is 4.27. The van der Waals surface area contributed by atoms with Gasteiger partial charge in [0, 0.05) is 10.6 Å². The first-order valence-corrected chi connectivity index (χ1v) is 12.1. The lowest BCUT2D eigenvalue weighted by atomic mass is 10.1. The minimum Gasteiger partial charge on any atom is -0.496 e. The topological polar surface area (TPSA) is 103 Å². The summed E-state index contributed by atoms with van der Waals surface area (Å²) in [6.45, 7) is 1.91. The van der Waals surface area contributed by atoms with Gasteiger partial charge in [-0.15, -0.1) is 11.8 Å². The minimum atomic E-state index is -0.526. The van der Waals surface area contributed by atoms with Crippen LogP contribution in [0.15, 0.2) is 71.6 Å². The molecular formula is C27H28N2O6S. The molecule has 0 spiro atoms. The molecule has 0 aliphatic rings. The zero-order chi connectivity index (χ0) is 26.1. The molecule has 0 aliphatic heterocycles. The van der Waals surface area contributed by atoms with E-state index in [0.717, 1.165) is 4.90 Å². The fourth-order valence-corrected chi connectivity index (χ4v) is 4.51. The number of carbonyl (C=O) groups is 3. The summed E-state index contributed by atoms with van der Waals surface area (Å²) in [5, 5.41) is 5.27. The number of nitrogens with one attached hydrogen (secondary N) is 2. The van der Waals surface area contributed by atoms with Crippen molar-refractivity contribution in [2.45, 2.75) is 23.5 Å². The van der Waals surface area contributed by atoms with E-state index in [2.05, 4.69) is 10.6 Å². The molecule has 8 nitrogen and oxygen atoms in total. The third-order valence-electron chi connectivity index (χ3n) is 5.28. The number of ether oxygens (including phenoxy) is 3. The van der Waals surface area contributed by atoms with Gasteiger partial charge in [0.1, 0.15) is 17.1 Å². The van der Waals surface area contributed by atoms with Crippen LogP contribution in [0.2, 0.25) is 0 Å². The lowest BCUT2D eigenvalue weighted by Crippen LogP contribution is -2.25. The molecule has 0 bridgehead atoms. The van der Waals surface area contributed by atoms with Crippen LogP contribution >= 0.6 is 11.8 Å². The fraction of sp³-hybridized carbons (Fsp3) is 0.222. The number of amides is 2. The van der Waals surface area contributed by atoms with Crippen LogP contribution in [0, 0.1) is 0 Å². The molecule has 2 N–H and O–H groups in total. The standard InChI is InChI=1S/C27H28N2O6S/c1-5-23(25(30)29-20-13-7-6-12-19(20)27(32)35-4)36-18-11-8-10-17(16-18)28-26(31)24-21(33-2)14-9-15-22(24)34-3/h6-16,23H,5H2,1-4H3,(H,28,31)(H,29,30). The predicted molar refractivity (Wildman–Crippen MR) is 140 cm³/mol. The first-order chi connectivity index (χ1) is 17.4. The van der Waals surface area contributed by atoms with E-state index in [-0.39, 0.29) is 22.9 Å². The van der Waals surface area contributed by atoms with Crippen molar-refractivity contribution in [2.24, 2.45) is 0 Å². The Morgan fingerprint density at radius 3 is 2.17 bits per heavy atom. The number of esters is 1. The van der Waals surface area contributed by atoms with Crippen LogP contribution < -0.4 is 20.1 Å². The normalized spacial score (nSPS) is 11.2. The Morgan fingerprint density at radius 1 is 0.861 bits per heavy atom. The quantitative estimate of drug-likeness (QED) is 0.285. The molecule has 3 aromatic rings. The fourth-order valence-electron chi connectivity index (χ4n) is 3.50. The summed E-state index contributed by atoms with van der Waals surface area (Å²) < 4.78 is 15.5. The van der Waals surface area contributed by atoms with E-state index < -0.39 is 11.2 Å². The number of thioether (sulfide) groups is 1. The van der Waals surface area contributed by atoms with Crippen LogP contribution in [0.3, 0.4) is 0 Å². The average Bonchev–Trinajstić information content (AvgIpc) is 2.91. The average molecular weight is 509 g/mol. The van der Waals surface area contributed by atoms with Crippen molar-refractivity contribution in [3.05, 3.63) is 77.9 Å². The van der Waals surface area contributed by atoms with Crippen molar-refractivity contribution < 1.29 is 28.6 Å². The molecule has 3 rings (SSSR count). The Bertz CT molecular complexity index is 1220. The highest BCUT2D eigenvalue weighted by Crippen LogP contribution is 2.31.